The van der Waals surface area contributed by atoms with Crippen LogP contribution >= 0.6 is 11.3 Å². The van der Waals surface area contributed by atoms with Crippen molar-refractivity contribution >= 4 is 17.2 Å². The van der Waals surface area contributed by atoms with Crippen LogP contribution in [0.2, 0.25) is 0 Å². The first-order chi connectivity index (χ1) is 9.15. The number of rotatable bonds is 4. The zero-order valence-electron chi connectivity index (χ0n) is 11.2. The highest BCUT2D eigenvalue weighted by atomic mass is 32.1. The second-order valence-corrected chi connectivity index (χ2v) is 6.22. The van der Waals surface area contributed by atoms with Crippen molar-refractivity contribution in [1.82, 2.24) is 10.3 Å². The zero-order chi connectivity index (χ0) is 13.8. The van der Waals surface area contributed by atoms with Crippen molar-refractivity contribution in [3.05, 3.63) is 21.4 Å². The maximum Gasteiger partial charge on any atom is 0.275 e. The first-order valence-electron chi connectivity index (χ1n) is 6.61. The number of hydrogen-bond acceptors (Lipinski definition) is 5. The average Bonchev–Trinajstić information content (AvgIpc) is 2.80. The number of aryl methyl sites for hydroxylation is 1. The van der Waals surface area contributed by atoms with Gasteiger partial charge in [-0.1, -0.05) is 6.42 Å². The predicted molar refractivity (Wildman–Crippen MR) is 75.8 cm³/mol. The molecule has 0 bridgehead atoms. The molecule has 6 heteroatoms. The van der Waals surface area contributed by atoms with Crippen LogP contribution in [0.15, 0.2) is 6.07 Å². The van der Waals surface area contributed by atoms with Gasteiger partial charge in [0.1, 0.15) is 0 Å². The lowest BCUT2D eigenvalue weighted by Crippen LogP contribution is -2.41. The van der Waals surface area contributed by atoms with Crippen LogP contribution < -0.4 is 11.3 Å². The van der Waals surface area contributed by atoms with E-state index in [0.717, 1.165) is 30.0 Å². The Morgan fingerprint density at radius 2 is 2.42 bits per heavy atom. The summed E-state index contributed by atoms with van der Waals surface area (Å²) in [5, 5.41) is 9.42. The normalized spacial score (nSPS) is 20.5. The van der Waals surface area contributed by atoms with Gasteiger partial charge in [0, 0.05) is 17.5 Å². The lowest BCUT2D eigenvalue weighted by Gasteiger charge is -2.34. The molecule has 0 saturated carbocycles. The van der Waals surface area contributed by atoms with Gasteiger partial charge in [-0.2, -0.15) is 0 Å². The van der Waals surface area contributed by atoms with Crippen LogP contribution in [-0.2, 0) is 6.54 Å². The molecular formula is C13H21N3O2S. The number of nitrogens with zero attached hydrogens (tertiary/aromatic N) is 1. The van der Waals surface area contributed by atoms with Crippen LogP contribution in [0.3, 0.4) is 0 Å². The SMILES string of the molecule is Cc1sc(C(=O)NN)cc1CN1CCCCC1CO. The van der Waals surface area contributed by atoms with E-state index in [1.807, 2.05) is 13.0 Å². The number of hydrazine groups is 1. The Bertz CT molecular complexity index is 447. The quantitative estimate of drug-likeness (QED) is 0.438. The van der Waals surface area contributed by atoms with E-state index in [1.165, 1.54) is 24.2 Å². The summed E-state index contributed by atoms with van der Waals surface area (Å²) in [6.07, 6.45) is 3.41. The lowest BCUT2D eigenvalue weighted by molar-refractivity contribution is 0.0840. The van der Waals surface area contributed by atoms with Crippen molar-refractivity contribution in [3.63, 3.8) is 0 Å². The summed E-state index contributed by atoms with van der Waals surface area (Å²) in [7, 11) is 0. The molecule has 1 amide bonds. The molecule has 0 aliphatic carbocycles. The number of amides is 1. The largest absolute Gasteiger partial charge is 0.395 e. The molecule has 2 heterocycles. The maximum absolute atomic E-state index is 11.5. The monoisotopic (exact) mass is 283 g/mol. The topological polar surface area (TPSA) is 78.6 Å². The summed E-state index contributed by atoms with van der Waals surface area (Å²) < 4.78 is 0. The number of hydrogen-bond donors (Lipinski definition) is 3. The smallest absolute Gasteiger partial charge is 0.275 e. The minimum Gasteiger partial charge on any atom is -0.395 e. The van der Waals surface area contributed by atoms with Crippen LogP contribution in [0.25, 0.3) is 0 Å². The fourth-order valence-electron chi connectivity index (χ4n) is 2.55. The Labute approximate surface area is 117 Å². The van der Waals surface area contributed by atoms with Gasteiger partial charge in [0.15, 0.2) is 0 Å². The van der Waals surface area contributed by atoms with Crippen LogP contribution in [0.1, 0.15) is 39.4 Å². The summed E-state index contributed by atoms with van der Waals surface area (Å²) >= 11 is 1.46. The predicted octanol–water partition coefficient (Wildman–Crippen LogP) is 1.01. The number of aliphatic hydroxyl groups is 1. The molecular weight excluding hydrogens is 262 g/mol. The molecule has 1 unspecified atom stereocenters. The number of thiophene rings is 1. The van der Waals surface area contributed by atoms with Gasteiger partial charge in [-0.25, -0.2) is 5.84 Å². The van der Waals surface area contributed by atoms with Gasteiger partial charge >= 0.3 is 0 Å². The Morgan fingerprint density at radius 3 is 3.11 bits per heavy atom. The van der Waals surface area contributed by atoms with Gasteiger partial charge in [0.2, 0.25) is 0 Å². The molecule has 1 aromatic heterocycles. The van der Waals surface area contributed by atoms with E-state index in [1.54, 1.807) is 0 Å². The van der Waals surface area contributed by atoms with Crippen molar-refractivity contribution in [2.45, 2.75) is 38.8 Å². The third kappa shape index (κ3) is 3.33. The van der Waals surface area contributed by atoms with Crippen LogP contribution in [0, 0.1) is 6.92 Å². The highest BCUT2D eigenvalue weighted by molar-refractivity contribution is 7.14. The summed E-state index contributed by atoms with van der Waals surface area (Å²) in [5.41, 5.74) is 3.32. The molecule has 1 aliphatic heterocycles. The molecule has 1 fully saturated rings. The molecule has 4 N–H and O–H groups in total. The third-order valence-electron chi connectivity index (χ3n) is 3.71. The zero-order valence-corrected chi connectivity index (χ0v) is 12.0. The average molecular weight is 283 g/mol. The molecule has 19 heavy (non-hydrogen) atoms. The second kappa shape index (κ2) is 6.47. The standard InChI is InChI=1S/C13H21N3O2S/c1-9-10(6-12(19-9)13(18)15-14)7-16-5-3-2-4-11(16)8-17/h6,11,17H,2-5,7-8,14H2,1H3,(H,15,18). The van der Waals surface area contributed by atoms with Gasteiger partial charge in [-0.05, 0) is 37.9 Å². The minimum absolute atomic E-state index is 0.208. The summed E-state index contributed by atoms with van der Waals surface area (Å²) in [6, 6.07) is 2.16. The molecule has 1 saturated heterocycles. The Morgan fingerprint density at radius 1 is 1.63 bits per heavy atom. The Kier molecular flexibility index (Phi) is 4.93. The van der Waals surface area contributed by atoms with Gasteiger partial charge in [0.05, 0.1) is 11.5 Å². The van der Waals surface area contributed by atoms with Gasteiger partial charge in [0.25, 0.3) is 5.91 Å². The van der Waals surface area contributed by atoms with Crippen molar-refractivity contribution in [3.8, 4) is 0 Å². The van der Waals surface area contributed by atoms with Crippen molar-refractivity contribution in [2.75, 3.05) is 13.2 Å². The first-order valence-corrected chi connectivity index (χ1v) is 7.42. The number of carbonyl (C=O) groups is 1. The molecule has 5 nitrogen and oxygen atoms in total. The van der Waals surface area contributed by atoms with Gasteiger partial charge < -0.3 is 5.11 Å². The lowest BCUT2D eigenvalue weighted by atomic mass is 10.0. The third-order valence-corrected chi connectivity index (χ3v) is 4.80. The van der Waals surface area contributed by atoms with E-state index in [4.69, 9.17) is 5.84 Å². The molecule has 1 aromatic rings. The molecule has 0 radical (unpaired) electrons. The van der Waals surface area contributed by atoms with Gasteiger partial charge in [-0.3, -0.25) is 15.1 Å². The van der Waals surface area contributed by atoms with Crippen molar-refractivity contribution in [2.24, 2.45) is 5.84 Å². The molecule has 1 aliphatic rings. The highest BCUT2D eigenvalue weighted by Crippen LogP contribution is 2.26. The minimum atomic E-state index is -0.239. The number of piperidine rings is 1. The van der Waals surface area contributed by atoms with Crippen LogP contribution in [0.5, 0.6) is 0 Å². The number of nitrogens with one attached hydrogen (secondary N) is 1. The van der Waals surface area contributed by atoms with Crippen LogP contribution in [0.4, 0.5) is 0 Å². The first kappa shape index (κ1) is 14.5. The van der Waals surface area contributed by atoms with E-state index in [9.17, 15) is 9.90 Å². The Balaban J connectivity index is 2.09. The van der Waals surface area contributed by atoms with E-state index < -0.39 is 0 Å². The van der Waals surface area contributed by atoms with Crippen molar-refractivity contribution < 1.29 is 9.90 Å². The fraction of sp³-hybridized carbons (Fsp3) is 0.615. The second-order valence-electron chi connectivity index (χ2n) is 4.97. The number of carbonyl (C=O) groups excluding carboxylic acids is 1. The molecule has 1 atom stereocenters. The van der Waals surface area contributed by atoms with Gasteiger partial charge in [-0.15, -0.1) is 11.3 Å². The Hall–Kier alpha value is -0.950. The summed E-state index contributed by atoms with van der Waals surface area (Å²) in [6.45, 7) is 4.04. The molecule has 106 valence electrons. The van der Waals surface area contributed by atoms with E-state index in [0.29, 0.717) is 4.88 Å². The fourth-order valence-corrected chi connectivity index (χ4v) is 3.49. The number of aliphatic hydroxyl groups excluding tert-OH is 1. The molecule has 2 rings (SSSR count). The van der Waals surface area contributed by atoms with E-state index in [-0.39, 0.29) is 18.6 Å². The van der Waals surface area contributed by atoms with Crippen molar-refractivity contribution in [1.29, 1.82) is 0 Å². The highest BCUT2D eigenvalue weighted by Gasteiger charge is 2.23. The van der Waals surface area contributed by atoms with E-state index in [2.05, 4.69) is 10.3 Å². The summed E-state index contributed by atoms with van der Waals surface area (Å²) in [5.74, 6) is 4.92. The number of nitrogen functional groups attached to an aromatic ring is 1. The summed E-state index contributed by atoms with van der Waals surface area (Å²) in [4.78, 5) is 15.6. The maximum atomic E-state index is 11.5. The van der Waals surface area contributed by atoms with E-state index >= 15 is 0 Å². The molecule has 0 aromatic carbocycles. The van der Waals surface area contributed by atoms with Crippen LogP contribution in [-0.4, -0.2) is 35.1 Å². The number of nitrogens with two attached hydrogens (primary N) is 1. The molecule has 0 spiro atoms. The number of likely N-dealkylation sites (tertiary alicyclic amines) is 1.